The van der Waals surface area contributed by atoms with Crippen LogP contribution in [0.2, 0.25) is 0 Å². The van der Waals surface area contributed by atoms with Gasteiger partial charge in [0.25, 0.3) is 0 Å². The Morgan fingerprint density at radius 1 is 0.564 bits per heavy atom. The summed E-state index contributed by atoms with van der Waals surface area (Å²) in [4.78, 5) is 14.0. The van der Waals surface area contributed by atoms with Crippen LogP contribution in [0.1, 0.15) is 40.5 Å². The van der Waals surface area contributed by atoms with Crippen LogP contribution in [0.4, 0.5) is 11.4 Å². The van der Waals surface area contributed by atoms with Crippen LogP contribution < -0.4 is 79.3 Å². The van der Waals surface area contributed by atoms with Crippen LogP contribution in [0.25, 0.3) is 45.1 Å². The molecule has 288 valence electrons. The van der Waals surface area contributed by atoms with Gasteiger partial charge in [0.2, 0.25) is 10.7 Å². The predicted molar refractivity (Wildman–Crippen MR) is 201 cm³/mol. The van der Waals surface area contributed by atoms with E-state index >= 15 is 0 Å². The number of nitrogens with zero attached hydrogens (tertiary/aromatic N) is 8. The first-order chi connectivity index (χ1) is 24.3. The number of hydrogen-bond donors (Lipinski definition) is 0. The van der Waals surface area contributed by atoms with Crippen molar-refractivity contribution in [3.63, 3.8) is 0 Å². The molecule has 0 atom stereocenters. The Kier molecular flexibility index (Phi) is 22.8. The van der Waals surface area contributed by atoms with E-state index in [9.17, 15) is 0 Å². The van der Waals surface area contributed by atoms with Crippen LogP contribution in [0.5, 0.6) is 0 Å². The van der Waals surface area contributed by atoms with Gasteiger partial charge < -0.3 is 68.3 Å². The fourth-order valence-corrected chi connectivity index (χ4v) is 5.94. The van der Waals surface area contributed by atoms with E-state index in [1.54, 1.807) is 0 Å². The van der Waals surface area contributed by atoms with Gasteiger partial charge in [-0.2, -0.15) is 10.5 Å². The van der Waals surface area contributed by atoms with E-state index in [4.69, 9.17) is 29.3 Å². The predicted octanol–water partition coefficient (Wildman–Crippen LogP) is -5.80. The molecule has 0 amide bonds. The van der Waals surface area contributed by atoms with E-state index in [2.05, 4.69) is 83.0 Å². The summed E-state index contributed by atoms with van der Waals surface area (Å²) in [5.74, 6) is 1.51. The molecular weight excluding hydrogens is 832 g/mol. The van der Waals surface area contributed by atoms with Crippen molar-refractivity contribution in [3.8, 4) is 35.0 Å². The minimum atomic E-state index is 0. The number of hydrogen-bond acceptors (Lipinski definition) is 8. The Labute approximate surface area is 361 Å². The van der Waals surface area contributed by atoms with Crippen LogP contribution in [0, 0.1) is 22.7 Å². The summed E-state index contributed by atoms with van der Waals surface area (Å²) in [6, 6.07) is 28.6. The van der Waals surface area contributed by atoms with E-state index in [0.29, 0.717) is 25.9 Å². The molecule has 0 N–H and O–H groups in total. The number of benzene rings is 4. The molecule has 2 aliphatic heterocycles. The van der Waals surface area contributed by atoms with Gasteiger partial charge in [-0.15, -0.1) is 0 Å². The number of anilines is 2. The smallest absolute Gasteiger partial charge is 1.00 e. The summed E-state index contributed by atoms with van der Waals surface area (Å²) in [6.45, 7) is 13.8. The molecule has 0 radical (unpaired) electrons. The SMILES string of the molecule is CCN(CC)c1ccc2nc3ccc(=[N+](C)CCC#N)cc-3oc2c1.CCN(CC)c1ccc2nc3ccc(=[N+](C)CCC#N)cc-3oc2c1.[Cl-].[Cl-].[Cl-].[Cl-].[Zn+2]. The number of fused-ring (bicyclic) bond motifs is 4. The van der Waals surface area contributed by atoms with Crippen molar-refractivity contribution in [1.82, 2.24) is 19.1 Å². The zero-order valence-corrected chi connectivity index (χ0v) is 38.2. The Morgan fingerprint density at radius 3 is 1.25 bits per heavy atom. The van der Waals surface area contributed by atoms with Gasteiger partial charge in [-0.3, -0.25) is 0 Å². The molecule has 2 aromatic rings. The third kappa shape index (κ3) is 12.5. The molecule has 2 heterocycles. The van der Waals surface area contributed by atoms with Crippen LogP contribution in [0.3, 0.4) is 0 Å². The summed E-state index contributed by atoms with van der Waals surface area (Å²) in [5, 5.41) is 19.6. The number of halogens is 4. The fourth-order valence-electron chi connectivity index (χ4n) is 5.94. The summed E-state index contributed by atoms with van der Waals surface area (Å²) < 4.78 is 16.4. The first-order valence-electron chi connectivity index (χ1n) is 17.3. The Balaban J connectivity index is 0.000000972. The Hall–Kier alpha value is -3.96. The normalized spacial score (nSPS) is 11.1. The Bertz CT molecular complexity index is 2110. The van der Waals surface area contributed by atoms with E-state index in [0.717, 1.165) is 93.4 Å². The second-order valence-electron chi connectivity index (χ2n) is 12.0. The minimum absolute atomic E-state index is 0. The van der Waals surface area contributed by atoms with Gasteiger partial charge in [-0.25, -0.2) is 19.1 Å². The van der Waals surface area contributed by atoms with Crippen molar-refractivity contribution in [1.29, 1.82) is 10.5 Å². The van der Waals surface area contributed by atoms with Crippen molar-refractivity contribution in [2.45, 2.75) is 40.5 Å². The van der Waals surface area contributed by atoms with E-state index in [1.165, 1.54) is 0 Å². The Morgan fingerprint density at radius 2 is 0.927 bits per heavy atom. The van der Waals surface area contributed by atoms with Gasteiger partial charge in [0, 0.05) is 61.8 Å². The summed E-state index contributed by atoms with van der Waals surface area (Å²) in [7, 11) is 3.96. The molecule has 0 fully saturated rings. The molecule has 0 saturated carbocycles. The fraction of sp³-hybridized carbons (Fsp3) is 0.350. The van der Waals surface area contributed by atoms with Gasteiger partial charge in [0.1, 0.15) is 36.5 Å². The quantitative estimate of drug-likeness (QED) is 0.0762. The maximum atomic E-state index is 8.75. The van der Waals surface area contributed by atoms with Gasteiger partial charge >= 0.3 is 19.5 Å². The largest absolute Gasteiger partial charge is 2.00 e. The third-order valence-corrected chi connectivity index (χ3v) is 8.95. The minimum Gasteiger partial charge on any atom is -1.00 e. The number of nitriles is 2. The summed E-state index contributed by atoms with van der Waals surface area (Å²) in [5.41, 5.74) is 7.24. The third-order valence-electron chi connectivity index (χ3n) is 8.95. The molecule has 0 unspecified atom stereocenters. The van der Waals surface area contributed by atoms with Crippen LogP contribution in [-0.4, -0.2) is 63.3 Å². The molecule has 55 heavy (non-hydrogen) atoms. The molecule has 0 bridgehead atoms. The van der Waals surface area contributed by atoms with Gasteiger partial charge in [-0.05, 0) is 64.1 Å². The first kappa shape index (κ1) is 51.0. The zero-order chi connectivity index (χ0) is 35.6. The topological polar surface area (TPSA) is 112 Å². The first-order valence-corrected chi connectivity index (χ1v) is 17.3. The molecule has 0 aromatic heterocycles. The maximum absolute atomic E-state index is 8.75. The number of aromatic nitrogens is 2. The molecule has 0 spiro atoms. The van der Waals surface area contributed by atoms with E-state index < -0.39 is 0 Å². The van der Waals surface area contributed by atoms with Gasteiger partial charge in [0.15, 0.2) is 35.8 Å². The average molecular weight is 878 g/mol. The van der Waals surface area contributed by atoms with Crippen LogP contribution >= 0.6 is 0 Å². The summed E-state index contributed by atoms with van der Waals surface area (Å²) >= 11 is 0. The molecule has 15 heteroatoms. The molecule has 0 saturated heterocycles. The van der Waals surface area contributed by atoms with Gasteiger partial charge in [-0.1, -0.05) is 0 Å². The van der Waals surface area contributed by atoms with Crippen molar-refractivity contribution in [2.75, 3.05) is 63.2 Å². The van der Waals surface area contributed by atoms with Crippen LogP contribution in [0.15, 0.2) is 81.6 Å². The molecule has 2 aliphatic carbocycles. The monoisotopic (exact) mass is 874 g/mol. The van der Waals surface area contributed by atoms with E-state index in [-0.39, 0.29) is 69.1 Å². The van der Waals surface area contributed by atoms with Crippen molar-refractivity contribution in [2.24, 2.45) is 0 Å². The second kappa shape index (κ2) is 24.5. The molecule has 4 aliphatic rings. The van der Waals surface area contributed by atoms with E-state index in [1.807, 2.05) is 62.6 Å². The second-order valence-corrected chi connectivity index (χ2v) is 12.0. The summed E-state index contributed by atoms with van der Waals surface area (Å²) in [6.07, 6.45) is 0.990. The van der Waals surface area contributed by atoms with Gasteiger partial charge in [0.05, 0.1) is 37.1 Å². The zero-order valence-electron chi connectivity index (χ0n) is 32.2. The molecule has 2 aromatic carbocycles. The van der Waals surface area contributed by atoms with Crippen molar-refractivity contribution in [3.05, 3.63) is 83.5 Å². The molecular formula is C40H46Cl4N8O2Zn. The average Bonchev–Trinajstić information content (AvgIpc) is 3.15. The standard InChI is InChI=1S/2C20H23N4O.4ClH.Zn/c2*1-4-24(5-2)16-8-10-18-20(14-16)25-19-13-15(7-9-17(19)22-18)23(3)12-6-11-21;;;;;/h2*7-10,13-14H,4-6,12H2,1-3H3;4*1H;/q2*+1;;;;;+2/p-4. The molecule has 10 nitrogen and oxygen atoms in total. The van der Waals surface area contributed by atoms with Crippen molar-refractivity contribution < 1.29 is 77.9 Å². The molecule has 6 rings (SSSR count). The maximum Gasteiger partial charge on any atom is 2.00 e. The van der Waals surface area contributed by atoms with Crippen LogP contribution in [-0.2, 0) is 19.5 Å². The number of rotatable bonds is 10. The van der Waals surface area contributed by atoms with Crippen molar-refractivity contribution >= 4 is 33.6 Å².